The third-order valence-electron chi connectivity index (χ3n) is 5.66. The largest absolute Gasteiger partial charge is 0.410 e. The second-order valence-electron chi connectivity index (χ2n) is 7.88. The van der Waals surface area contributed by atoms with Crippen molar-refractivity contribution in [1.29, 1.82) is 0 Å². The van der Waals surface area contributed by atoms with Crippen molar-refractivity contribution in [2.24, 2.45) is 5.73 Å². The van der Waals surface area contributed by atoms with Crippen LogP contribution in [0.2, 0.25) is 5.02 Å². The predicted molar refractivity (Wildman–Crippen MR) is 118 cm³/mol. The van der Waals surface area contributed by atoms with Crippen molar-refractivity contribution in [3.63, 3.8) is 0 Å². The number of carbonyl (C=O) groups is 2. The zero-order chi connectivity index (χ0) is 25.5. The molecule has 1 aromatic heterocycles. The van der Waals surface area contributed by atoms with Gasteiger partial charge in [0.15, 0.2) is 5.69 Å². The van der Waals surface area contributed by atoms with Crippen molar-refractivity contribution >= 4 is 29.1 Å². The molecule has 2 heterocycles. The Morgan fingerprint density at radius 2 is 1.89 bits per heavy atom. The molecule has 0 bridgehead atoms. The maximum Gasteiger partial charge on any atom is 0.410 e. The van der Waals surface area contributed by atoms with Gasteiger partial charge in [0.05, 0.1) is 42.4 Å². The summed E-state index contributed by atoms with van der Waals surface area (Å²) in [6.07, 6.45) is -5.12. The number of benzene rings is 2. The Labute approximate surface area is 201 Å². The molecule has 2 amide bonds. The molecule has 4 rings (SSSR count). The van der Waals surface area contributed by atoms with Gasteiger partial charge in [-0.2, -0.15) is 18.3 Å². The number of nitrogens with zero attached hydrogens (tertiary/aromatic N) is 4. The highest BCUT2D eigenvalue weighted by Gasteiger charge is 2.49. The van der Waals surface area contributed by atoms with Crippen LogP contribution in [0.5, 0.6) is 0 Å². The maximum atomic E-state index is 14.0. The molecule has 2 aromatic carbocycles. The van der Waals surface area contributed by atoms with Crippen LogP contribution in [-0.4, -0.2) is 38.7 Å². The predicted octanol–water partition coefficient (Wildman–Crippen LogP) is 4.51. The van der Waals surface area contributed by atoms with Gasteiger partial charge in [-0.3, -0.25) is 14.3 Å². The molecule has 0 saturated heterocycles. The lowest BCUT2D eigenvalue weighted by molar-refractivity contribution is -0.198. The number of amides is 2. The van der Waals surface area contributed by atoms with Crippen LogP contribution in [0.25, 0.3) is 16.1 Å². The van der Waals surface area contributed by atoms with Crippen LogP contribution in [0.15, 0.2) is 42.5 Å². The number of nitrogens with two attached hydrogens (primary N) is 1. The van der Waals surface area contributed by atoms with E-state index < -0.39 is 42.9 Å². The van der Waals surface area contributed by atoms with Gasteiger partial charge in [-0.25, -0.2) is 9.24 Å². The summed E-state index contributed by atoms with van der Waals surface area (Å²) < 4.78 is 56.5. The molecule has 1 atom stereocenters. The Morgan fingerprint density at radius 3 is 2.46 bits per heavy atom. The van der Waals surface area contributed by atoms with Crippen LogP contribution in [0.4, 0.5) is 23.2 Å². The second-order valence-corrected chi connectivity index (χ2v) is 8.29. The quantitative estimate of drug-likeness (QED) is 0.418. The summed E-state index contributed by atoms with van der Waals surface area (Å²) in [7, 11) is 0. The van der Waals surface area contributed by atoms with Gasteiger partial charge in [0.1, 0.15) is 17.6 Å². The first-order valence-corrected chi connectivity index (χ1v) is 10.5. The van der Waals surface area contributed by atoms with Crippen molar-refractivity contribution < 1.29 is 27.2 Å². The number of fused-ring (bicyclic) bond motifs is 1. The Morgan fingerprint density at radius 1 is 1.20 bits per heavy atom. The van der Waals surface area contributed by atoms with E-state index in [1.807, 2.05) is 0 Å². The summed E-state index contributed by atoms with van der Waals surface area (Å²) in [6, 6.07) is 7.22. The molecule has 7 nitrogen and oxygen atoms in total. The van der Waals surface area contributed by atoms with Gasteiger partial charge in [0.25, 0.3) is 5.91 Å². The molecule has 0 radical (unpaired) electrons. The molecule has 35 heavy (non-hydrogen) atoms. The zero-order valence-corrected chi connectivity index (χ0v) is 18.6. The lowest BCUT2D eigenvalue weighted by atomic mass is 10.0. The molecule has 0 spiro atoms. The summed E-state index contributed by atoms with van der Waals surface area (Å²) in [6.45, 7) is 5.65. The smallest absolute Gasteiger partial charge is 0.365 e. The average molecular weight is 506 g/mol. The molecule has 12 heteroatoms. The van der Waals surface area contributed by atoms with E-state index in [0.717, 1.165) is 10.7 Å². The number of carbonyl (C=O) groups excluding carboxylic acids is 2. The van der Waals surface area contributed by atoms with E-state index in [1.165, 1.54) is 36.4 Å². The zero-order valence-electron chi connectivity index (χ0n) is 17.8. The fraction of sp³-hybridized carbons (Fsp3) is 0.217. The Hall–Kier alpha value is -3.91. The summed E-state index contributed by atoms with van der Waals surface area (Å²) >= 11 is 5.82. The lowest BCUT2D eigenvalue weighted by Crippen LogP contribution is -2.54. The molecule has 0 aliphatic carbocycles. The van der Waals surface area contributed by atoms with Crippen molar-refractivity contribution in [1.82, 2.24) is 14.7 Å². The first kappa shape index (κ1) is 24.2. The number of aromatic nitrogens is 2. The number of primary amides is 1. The SMILES string of the molecule is [C-]#[N+]c1ccc(CC(=O)N2Cc3c(C(N)=O)c(-c4ccc(F)c(Cl)c4)nn3CC2C(F)(F)F)cc1. The van der Waals surface area contributed by atoms with Crippen LogP contribution >= 0.6 is 11.6 Å². The van der Waals surface area contributed by atoms with E-state index in [0.29, 0.717) is 16.2 Å². The van der Waals surface area contributed by atoms with Crippen LogP contribution in [-0.2, 0) is 24.3 Å². The van der Waals surface area contributed by atoms with E-state index in [2.05, 4.69) is 9.94 Å². The van der Waals surface area contributed by atoms with Gasteiger partial charge < -0.3 is 10.6 Å². The molecule has 0 saturated carbocycles. The number of hydrogen-bond donors (Lipinski definition) is 1. The standard InChI is InChI=1S/C23H16ClF4N5O2/c1-30-14-5-2-12(3-6-14)8-19(34)32-10-17-20(22(29)35)21(13-4-7-16(25)15(24)9-13)31-33(17)11-18(32)23(26,27)28/h2-7,9,18H,8,10-11H2,(H2,29,35). The number of halogens is 5. The van der Waals surface area contributed by atoms with E-state index in [4.69, 9.17) is 23.9 Å². The molecule has 0 fully saturated rings. The maximum absolute atomic E-state index is 14.0. The molecule has 1 aliphatic rings. The normalized spacial score (nSPS) is 15.4. The third kappa shape index (κ3) is 4.70. The fourth-order valence-corrected chi connectivity index (χ4v) is 4.13. The molecule has 1 unspecified atom stereocenters. The van der Waals surface area contributed by atoms with Crippen LogP contribution in [0, 0.1) is 12.4 Å². The minimum absolute atomic E-state index is 0.0325. The molecule has 2 N–H and O–H groups in total. The molecular weight excluding hydrogens is 490 g/mol. The van der Waals surface area contributed by atoms with Crippen molar-refractivity contribution in [3.8, 4) is 11.3 Å². The monoisotopic (exact) mass is 505 g/mol. The van der Waals surface area contributed by atoms with E-state index in [1.54, 1.807) is 0 Å². The fourth-order valence-electron chi connectivity index (χ4n) is 3.95. The highest BCUT2D eigenvalue weighted by molar-refractivity contribution is 6.31. The summed E-state index contributed by atoms with van der Waals surface area (Å²) in [4.78, 5) is 29.2. The van der Waals surface area contributed by atoms with Gasteiger partial charge in [-0.05, 0) is 23.8 Å². The van der Waals surface area contributed by atoms with Gasteiger partial charge in [-0.1, -0.05) is 35.9 Å². The van der Waals surface area contributed by atoms with Crippen LogP contribution in [0.1, 0.15) is 21.6 Å². The van der Waals surface area contributed by atoms with Crippen LogP contribution in [0.3, 0.4) is 0 Å². The molecule has 180 valence electrons. The average Bonchev–Trinajstić information content (AvgIpc) is 3.19. The van der Waals surface area contributed by atoms with E-state index in [-0.39, 0.29) is 34.0 Å². The highest BCUT2D eigenvalue weighted by atomic mass is 35.5. The Balaban J connectivity index is 1.74. The van der Waals surface area contributed by atoms with Gasteiger partial charge in [0, 0.05) is 5.56 Å². The Bertz CT molecular complexity index is 1360. The van der Waals surface area contributed by atoms with E-state index in [9.17, 15) is 27.2 Å². The number of rotatable bonds is 4. The minimum atomic E-state index is -4.78. The highest BCUT2D eigenvalue weighted by Crippen LogP contribution is 2.36. The molecule has 3 aromatic rings. The van der Waals surface area contributed by atoms with Crippen molar-refractivity contribution in [2.45, 2.75) is 31.7 Å². The second kappa shape index (κ2) is 9.03. The third-order valence-corrected chi connectivity index (χ3v) is 5.95. The van der Waals surface area contributed by atoms with Crippen molar-refractivity contribution in [3.05, 3.63) is 81.5 Å². The molecule has 1 aliphatic heterocycles. The first-order chi connectivity index (χ1) is 16.5. The van der Waals surface area contributed by atoms with Crippen molar-refractivity contribution in [2.75, 3.05) is 0 Å². The lowest BCUT2D eigenvalue weighted by Gasteiger charge is -2.37. The molecular formula is C23H16ClF4N5O2. The summed E-state index contributed by atoms with van der Waals surface area (Å²) in [5, 5.41) is 3.88. The van der Waals surface area contributed by atoms with Crippen LogP contribution < -0.4 is 5.73 Å². The van der Waals surface area contributed by atoms with Gasteiger partial charge in [-0.15, -0.1) is 0 Å². The number of alkyl halides is 3. The topological polar surface area (TPSA) is 85.6 Å². The van der Waals surface area contributed by atoms with E-state index >= 15 is 0 Å². The van der Waals surface area contributed by atoms with Gasteiger partial charge in [0.2, 0.25) is 5.91 Å². The first-order valence-electron chi connectivity index (χ1n) is 10.2. The van der Waals surface area contributed by atoms with Gasteiger partial charge >= 0.3 is 6.18 Å². The number of hydrogen-bond acceptors (Lipinski definition) is 3. The summed E-state index contributed by atoms with van der Waals surface area (Å²) in [5.74, 6) is -2.51. The summed E-state index contributed by atoms with van der Waals surface area (Å²) in [5.41, 5.74) is 6.28. The Kier molecular flexibility index (Phi) is 6.25. The minimum Gasteiger partial charge on any atom is -0.365 e.